The molecule has 0 radical (unpaired) electrons. The second-order valence-corrected chi connectivity index (χ2v) is 3.04. The van der Waals surface area contributed by atoms with Crippen molar-refractivity contribution in [1.29, 1.82) is 5.26 Å². The quantitative estimate of drug-likeness (QED) is 0.826. The molecule has 0 spiro atoms. The minimum absolute atomic E-state index is 0.0607. The van der Waals surface area contributed by atoms with Gasteiger partial charge in [0.25, 0.3) is 12.0 Å². The maximum Gasteiger partial charge on any atom is 0.269 e. The van der Waals surface area contributed by atoms with Gasteiger partial charge in [-0.1, -0.05) is 0 Å². The van der Waals surface area contributed by atoms with Gasteiger partial charge in [0.1, 0.15) is 11.8 Å². The van der Waals surface area contributed by atoms with Crippen molar-refractivity contribution in [2.45, 2.75) is 6.43 Å². The normalized spacial score (nSPS) is 10.1. The molecule has 0 saturated carbocycles. The monoisotopic (exact) mass is 248 g/mol. The predicted octanol–water partition coefficient (Wildman–Crippen LogP) is 1.95. The van der Waals surface area contributed by atoms with Gasteiger partial charge in [-0.05, 0) is 22.0 Å². The van der Waals surface area contributed by atoms with Crippen LogP contribution in [0.1, 0.15) is 17.7 Å². The number of hydrogen-bond acceptors (Lipinski definition) is 2. The van der Waals surface area contributed by atoms with E-state index in [9.17, 15) is 13.6 Å². The zero-order chi connectivity index (χ0) is 10.0. The van der Waals surface area contributed by atoms with E-state index >= 15 is 0 Å². The third-order valence-electron chi connectivity index (χ3n) is 1.37. The van der Waals surface area contributed by atoms with Crippen LogP contribution in [0.2, 0.25) is 0 Å². The van der Waals surface area contributed by atoms with E-state index in [1.807, 2.05) is 4.98 Å². The summed E-state index contributed by atoms with van der Waals surface area (Å²) in [6, 6.07) is 2.60. The molecule has 68 valence electrons. The van der Waals surface area contributed by atoms with Gasteiger partial charge >= 0.3 is 0 Å². The molecule has 0 aromatic carbocycles. The van der Waals surface area contributed by atoms with Crippen molar-refractivity contribution in [3.63, 3.8) is 0 Å². The fourth-order valence-electron chi connectivity index (χ4n) is 0.763. The molecule has 1 rings (SSSR count). The van der Waals surface area contributed by atoms with Gasteiger partial charge in [0.05, 0.1) is 10.0 Å². The van der Waals surface area contributed by atoms with E-state index in [4.69, 9.17) is 5.26 Å². The summed E-state index contributed by atoms with van der Waals surface area (Å²) in [6.07, 6.45) is -2.84. The molecule has 0 aliphatic heterocycles. The van der Waals surface area contributed by atoms with E-state index in [0.717, 1.165) is 6.07 Å². The third kappa shape index (κ3) is 1.92. The van der Waals surface area contributed by atoms with Crippen molar-refractivity contribution in [2.24, 2.45) is 0 Å². The molecule has 13 heavy (non-hydrogen) atoms. The molecule has 0 aliphatic rings. The van der Waals surface area contributed by atoms with Crippen LogP contribution >= 0.6 is 15.9 Å². The first-order valence-corrected chi connectivity index (χ1v) is 3.96. The summed E-state index contributed by atoms with van der Waals surface area (Å²) in [5, 5.41) is 8.43. The van der Waals surface area contributed by atoms with Crippen LogP contribution in [-0.2, 0) is 0 Å². The molecule has 1 aromatic heterocycles. The van der Waals surface area contributed by atoms with Gasteiger partial charge in [0.2, 0.25) is 0 Å². The standard InChI is InChI=1S/C7H3BrF2N2O/c8-4-1-3(6(9)10)7(13)12-5(4)2-11/h1,6H,(H,12,13). The molecule has 1 heterocycles. The lowest BCUT2D eigenvalue weighted by Gasteiger charge is -1.99. The fraction of sp³-hybridized carbons (Fsp3) is 0.143. The van der Waals surface area contributed by atoms with Crippen LogP contribution in [0.25, 0.3) is 0 Å². The number of halogens is 3. The van der Waals surface area contributed by atoms with E-state index in [2.05, 4.69) is 15.9 Å². The van der Waals surface area contributed by atoms with Crippen LogP contribution in [-0.4, -0.2) is 4.98 Å². The van der Waals surface area contributed by atoms with Crippen LogP contribution in [0.3, 0.4) is 0 Å². The molecular weight excluding hydrogens is 246 g/mol. The summed E-state index contributed by atoms with van der Waals surface area (Å²) < 4.78 is 24.4. The van der Waals surface area contributed by atoms with Crippen LogP contribution in [0.15, 0.2) is 15.3 Å². The number of H-pyrrole nitrogens is 1. The summed E-state index contributed by atoms with van der Waals surface area (Å²) in [6.45, 7) is 0. The fourth-order valence-corrected chi connectivity index (χ4v) is 1.20. The lowest BCUT2D eigenvalue weighted by Crippen LogP contribution is -2.14. The molecule has 6 heteroatoms. The number of aromatic amines is 1. The van der Waals surface area contributed by atoms with Gasteiger partial charge in [-0.2, -0.15) is 5.26 Å². The van der Waals surface area contributed by atoms with Crippen molar-refractivity contribution in [1.82, 2.24) is 4.98 Å². The summed E-state index contributed by atoms with van der Waals surface area (Å²) >= 11 is 2.88. The van der Waals surface area contributed by atoms with Gasteiger partial charge < -0.3 is 4.98 Å². The lowest BCUT2D eigenvalue weighted by molar-refractivity contribution is 0.149. The van der Waals surface area contributed by atoms with E-state index in [-0.39, 0.29) is 10.2 Å². The van der Waals surface area contributed by atoms with Crippen LogP contribution in [0.5, 0.6) is 0 Å². The van der Waals surface area contributed by atoms with Gasteiger partial charge in [-0.25, -0.2) is 8.78 Å². The number of nitrogens with zero attached hydrogens (tertiary/aromatic N) is 1. The zero-order valence-corrected chi connectivity index (χ0v) is 7.73. The molecule has 0 aliphatic carbocycles. The van der Waals surface area contributed by atoms with Gasteiger partial charge in [0, 0.05) is 0 Å². The van der Waals surface area contributed by atoms with E-state index in [1.54, 1.807) is 6.07 Å². The summed E-state index contributed by atoms with van der Waals surface area (Å²) in [4.78, 5) is 12.9. The largest absolute Gasteiger partial charge is 0.312 e. The van der Waals surface area contributed by atoms with Gasteiger partial charge in [-0.3, -0.25) is 4.79 Å². The minimum Gasteiger partial charge on any atom is -0.312 e. The number of alkyl halides is 2. The highest BCUT2D eigenvalue weighted by Crippen LogP contribution is 2.19. The molecule has 0 atom stereocenters. The molecule has 0 saturated heterocycles. The van der Waals surface area contributed by atoms with E-state index in [0.29, 0.717) is 0 Å². The number of nitriles is 1. The molecule has 1 N–H and O–H groups in total. The number of nitrogens with one attached hydrogen (secondary N) is 1. The third-order valence-corrected chi connectivity index (χ3v) is 1.99. The molecule has 1 aromatic rings. The molecule has 0 bridgehead atoms. The Morgan fingerprint density at radius 3 is 2.69 bits per heavy atom. The highest BCUT2D eigenvalue weighted by atomic mass is 79.9. The number of rotatable bonds is 1. The Hall–Kier alpha value is -1.22. The van der Waals surface area contributed by atoms with Gasteiger partial charge in [-0.15, -0.1) is 0 Å². The van der Waals surface area contributed by atoms with Crippen molar-refractivity contribution in [2.75, 3.05) is 0 Å². The average Bonchev–Trinajstić information content (AvgIpc) is 2.07. The van der Waals surface area contributed by atoms with Crippen molar-refractivity contribution in [3.05, 3.63) is 32.2 Å². The Morgan fingerprint density at radius 2 is 2.23 bits per heavy atom. The molecular formula is C7H3BrF2N2O. The molecule has 3 nitrogen and oxygen atoms in total. The van der Waals surface area contributed by atoms with Crippen molar-refractivity contribution < 1.29 is 8.78 Å². The number of hydrogen-bond donors (Lipinski definition) is 1. The Kier molecular flexibility index (Phi) is 2.78. The van der Waals surface area contributed by atoms with Crippen LogP contribution in [0.4, 0.5) is 8.78 Å². The Balaban J connectivity index is 3.40. The Morgan fingerprint density at radius 1 is 1.62 bits per heavy atom. The maximum absolute atomic E-state index is 12.1. The Bertz CT molecular complexity index is 421. The molecule has 0 fully saturated rings. The highest BCUT2D eigenvalue weighted by Gasteiger charge is 2.14. The van der Waals surface area contributed by atoms with E-state index in [1.165, 1.54) is 0 Å². The van der Waals surface area contributed by atoms with E-state index < -0.39 is 17.5 Å². The minimum atomic E-state index is -2.84. The SMILES string of the molecule is N#Cc1[nH]c(=O)c(C(F)F)cc1Br. The number of pyridine rings is 1. The zero-order valence-electron chi connectivity index (χ0n) is 6.14. The Labute approximate surface area is 80.1 Å². The summed E-state index contributed by atoms with van der Waals surface area (Å²) in [7, 11) is 0. The lowest BCUT2D eigenvalue weighted by atomic mass is 10.2. The second kappa shape index (κ2) is 3.66. The first-order valence-electron chi connectivity index (χ1n) is 3.17. The first kappa shape index (κ1) is 9.86. The maximum atomic E-state index is 12.1. The van der Waals surface area contributed by atoms with Gasteiger partial charge in [0.15, 0.2) is 0 Å². The second-order valence-electron chi connectivity index (χ2n) is 2.19. The van der Waals surface area contributed by atoms with Crippen LogP contribution in [0, 0.1) is 11.3 Å². The summed E-state index contributed by atoms with van der Waals surface area (Å²) in [5.41, 5.74) is -1.64. The predicted molar refractivity (Wildman–Crippen MR) is 44.4 cm³/mol. The highest BCUT2D eigenvalue weighted by molar-refractivity contribution is 9.10. The number of aromatic nitrogens is 1. The molecule has 0 unspecified atom stereocenters. The van der Waals surface area contributed by atoms with Crippen molar-refractivity contribution in [3.8, 4) is 6.07 Å². The summed E-state index contributed by atoms with van der Waals surface area (Å²) in [5.74, 6) is 0. The topological polar surface area (TPSA) is 56.6 Å². The average molecular weight is 249 g/mol. The van der Waals surface area contributed by atoms with Crippen molar-refractivity contribution >= 4 is 15.9 Å². The smallest absolute Gasteiger partial charge is 0.269 e. The molecule has 0 amide bonds. The van der Waals surface area contributed by atoms with Crippen LogP contribution < -0.4 is 5.56 Å². The first-order chi connectivity index (χ1) is 6.06.